The van der Waals surface area contributed by atoms with Crippen molar-refractivity contribution in [2.45, 2.75) is 13.8 Å². The van der Waals surface area contributed by atoms with E-state index in [2.05, 4.69) is 9.88 Å². The van der Waals surface area contributed by atoms with Crippen LogP contribution in [0.15, 0.2) is 45.7 Å². The molecule has 2 aromatic heterocycles. The van der Waals surface area contributed by atoms with Crippen LogP contribution in [0.2, 0.25) is 0 Å². The minimum Gasteiger partial charge on any atom is -0.492 e. The summed E-state index contributed by atoms with van der Waals surface area (Å²) in [5.41, 5.74) is 3.14. The number of morpholine rings is 1. The molecule has 0 spiro atoms. The van der Waals surface area contributed by atoms with E-state index in [-0.39, 0.29) is 5.43 Å². The van der Waals surface area contributed by atoms with E-state index in [1.165, 1.54) is 6.07 Å². The SMILES string of the molecule is Cc1cc(-c2cc(=O)c3cccnc3o2)cc(C)c1OCCN1CCOCC1. The lowest BCUT2D eigenvalue weighted by atomic mass is 10.0. The Morgan fingerprint density at radius 3 is 2.64 bits per heavy atom. The fraction of sp³-hybridized carbons (Fsp3) is 0.364. The van der Waals surface area contributed by atoms with Crippen LogP contribution in [-0.2, 0) is 4.74 Å². The van der Waals surface area contributed by atoms with E-state index < -0.39 is 0 Å². The third-order valence-corrected chi connectivity index (χ3v) is 5.01. The van der Waals surface area contributed by atoms with Crippen molar-refractivity contribution in [1.82, 2.24) is 9.88 Å². The molecule has 4 rings (SSSR count). The summed E-state index contributed by atoms with van der Waals surface area (Å²) in [6.07, 6.45) is 1.62. The van der Waals surface area contributed by atoms with Crippen LogP contribution in [0.25, 0.3) is 22.4 Å². The molecular weight excluding hydrogens is 356 g/mol. The third kappa shape index (κ3) is 3.93. The first-order valence-corrected chi connectivity index (χ1v) is 9.55. The highest BCUT2D eigenvalue weighted by Gasteiger charge is 2.14. The molecule has 0 amide bonds. The monoisotopic (exact) mass is 380 g/mol. The number of fused-ring (bicyclic) bond motifs is 1. The Labute approximate surface area is 163 Å². The van der Waals surface area contributed by atoms with Gasteiger partial charge in [0.2, 0.25) is 5.71 Å². The maximum Gasteiger partial charge on any atom is 0.230 e. The molecule has 28 heavy (non-hydrogen) atoms. The molecule has 0 bridgehead atoms. The van der Waals surface area contributed by atoms with Crippen molar-refractivity contribution < 1.29 is 13.9 Å². The number of aryl methyl sites for hydroxylation is 2. The summed E-state index contributed by atoms with van der Waals surface area (Å²) in [5, 5.41) is 0.489. The molecule has 3 aromatic rings. The lowest BCUT2D eigenvalue weighted by Gasteiger charge is -2.26. The van der Waals surface area contributed by atoms with Gasteiger partial charge in [0, 0.05) is 37.5 Å². The van der Waals surface area contributed by atoms with Crippen LogP contribution in [0.1, 0.15) is 11.1 Å². The molecule has 6 heteroatoms. The first-order valence-electron chi connectivity index (χ1n) is 9.55. The summed E-state index contributed by atoms with van der Waals surface area (Å²) in [6, 6.07) is 8.96. The Morgan fingerprint density at radius 2 is 1.89 bits per heavy atom. The van der Waals surface area contributed by atoms with Gasteiger partial charge >= 0.3 is 0 Å². The molecule has 0 unspecified atom stereocenters. The molecule has 1 aliphatic rings. The van der Waals surface area contributed by atoms with Gasteiger partial charge in [-0.25, -0.2) is 4.98 Å². The van der Waals surface area contributed by atoms with E-state index >= 15 is 0 Å². The van der Waals surface area contributed by atoms with Gasteiger partial charge in [-0.05, 0) is 49.2 Å². The molecule has 1 aromatic carbocycles. The molecule has 3 heterocycles. The topological polar surface area (TPSA) is 64.8 Å². The summed E-state index contributed by atoms with van der Waals surface area (Å²) in [7, 11) is 0. The van der Waals surface area contributed by atoms with Gasteiger partial charge in [-0.1, -0.05) is 0 Å². The molecule has 146 valence electrons. The number of hydrogen-bond donors (Lipinski definition) is 0. The number of ether oxygens (including phenoxy) is 2. The van der Waals surface area contributed by atoms with Crippen LogP contribution in [0.4, 0.5) is 0 Å². The highest BCUT2D eigenvalue weighted by atomic mass is 16.5. The fourth-order valence-electron chi connectivity index (χ4n) is 3.55. The van der Waals surface area contributed by atoms with Gasteiger partial charge in [0.15, 0.2) is 5.43 Å². The van der Waals surface area contributed by atoms with Gasteiger partial charge in [0.05, 0.1) is 18.6 Å². The van der Waals surface area contributed by atoms with Crippen LogP contribution in [0.3, 0.4) is 0 Å². The summed E-state index contributed by atoms with van der Waals surface area (Å²) < 4.78 is 17.3. The summed E-state index contributed by atoms with van der Waals surface area (Å²) in [6.45, 7) is 9.03. The maximum atomic E-state index is 12.4. The van der Waals surface area contributed by atoms with Gasteiger partial charge in [0.25, 0.3) is 0 Å². The molecule has 0 aliphatic carbocycles. The van der Waals surface area contributed by atoms with Gasteiger partial charge in [0.1, 0.15) is 18.1 Å². The molecule has 1 saturated heterocycles. The van der Waals surface area contributed by atoms with Crippen molar-refractivity contribution in [3.05, 3.63) is 57.9 Å². The highest BCUT2D eigenvalue weighted by Crippen LogP contribution is 2.30. The molecule has 0 N–H and O–H groups in total. The first kappa shape index (κ1) is 18.7. The average molecular weight is 380 g/mol. The summed E-state index contributed by atoms with van der Waals surface area (Å²) in [5.74, 6) is 1.40. The predicted molar refractivity (Wildman–Crippen MR) is 108 cm³/mol. The minimum atomic E-state index is -0.0921. The average Bonchev–Trinajstić information content (AvgIpc) is 2.70. The van der Waals surface area contributed by atoms with Crippen LogP contribution < -0.4 is 10.2 Å². The lowest BCUT2D eigenvalue weighted by molar-refractivity contribution is 0.0322. The Morgan fingerprint density at radius 1 is 1.14 bits per heavy atom. The Balaban J connectivity index is 1.54. The van der Waals surface area contributed by atoms with E-state index in [4.69, 9.17) is 13.9 Å². The smallest absolute Gasteiger partial charge is 0.230 e. The number of rotatable bonds is 5. The van der Waals surface area contributed by atoms with E-state index in [9.17, 15) is 4.79 Å². The number of hydrogen-bond acceptors (Lipinski definition) is 6. The molecule has 0 saturated carbocycles. The normalized spacial score (nSPS) is 15.1. The fourth-order valence-corrected chi connectivity index (χ4v) is 3.55. The molecule has 1 aliphatic heterocycles. The van der Waals surface area contributed by atoms with Gasteiger partial charge < -0.3 is 13.9 Å². The predicted octanol–water partition coefficient (Wildman–Crippen LogP) is 3.18. The number of aromatic nitrogens is 1. The van der Waals surface area contributed by atoms with Crippen LogP contribution in [0.5, 0.6) is 5.75 Å². The largest absolute Gasteiger partial charge is 0.492 e. The van der Waals surface area contributed by atoms with Crippen molar-refractivity contribution in [3.63, 3.8) is 0 Å². The Bertz CT molecular complexity index is 1020. The van der Waals surface area contributed by atoms with Gasteiger partial charge in [-0.15, -0.1) is 0 Å². The Kier molecular flexibility index (Phi) is 5.41. The zero-order valence-corrected chi connectivity index (χ0v) is 16.2. The van der Waals surface area contributed by atoms with Crippen LogP contribution in [0, 0.1) is 13.8 Å². The van der Waals surface area contributed by atoms with Crippen molar-refractivity contribution in [3.8, 4) is 17.1 Å². The second-order valence-corrected chi connectivity index (χ2v) is 7.07. The lowest BCUT2D eigenvalue weighted by Crippen LogP contribution is -2.38. The molecule has 1 fully saturated rings. The molecular formula is C22H24N2O4. The number of benzene rings is 1. The zero-order valence-electron chi connectivity index (χ0n) is 16.2. The van der Waals surface area contributed by atoms with E-state index in [0.29, 0.717) is 23.5 Å². The minimum absolute atomic E-state index is 0.0921. The second kappa shape index (κ2) is 8.12. The van der Waals surface area contributed by atoms with E-state index in [0.717, 1.165) is 55.3 Å². The van der Waals surface area contributed by atoms with Crippen molar-refractivity contribution >= 4 is 11.1 Å². The third-order valence-electron chi connectivity index (χ3n) is 5.01. The second-order valence-electron chi connectivity index (χ2n) is 7.07. The Hall–Kier alpha value is -2.70. The van der Waals surface area contributed by atoms with Gasteiger partial charge in [-0.3, -0.25) is 9.69 Å². The van der Waals surface area contributed by atoms with E-state index in [1.807, 2.05) is 26.0 Å². The highest BCUT2D eigenvalue weighted by molar-refractivity contribution is 5.75. The maximum absolute atomic E-state index is 12.4. The van der Waals surface area contributed by atoms with Crippen molar-refractivity contribution in [1.29, 1.82) is 0 Å². The standard InChI is InChI=1S/C22H24N2O4/c1-15-12-17(20-14-19(25)18-4-3-5-23-22(18)28-20)13-16(2)21(15)27-11-8-24-6-9-26-10-7-24/h3-5,12-14H,6-11H2,1-2H3. The van der Waals surface area contributed by atoms with Gasteiger partial charge in [-0.2, -0.15) is 0 Å². The quantitative estimate of drug-likeness (QED) is 0.677. The number of nitrogens with zero attached hydrogens (tertiary/aromatic N) is 2. The summed E-state index contributed by atoms with van der Waals surface area (Å²) >= 11 is 0. The van der Waals surface area contributed by atoms with E-state index in [1.54, 1.807) is 18.3 Å². The molecule has 0 radical (unpaired) electrons. The first-order chi connectivity index (χ1) is 13.6. The summed E-state index contributed by atoms with van der Waals surface area (Å²) in [4.78, 5) is 18.9. The van der Waals surface area contributed by atoms with Crippen molar-refractivity contribution in [2.24, 2.45) is 0 Å². The van der Waals surface area contributed by atoms with Crippen LogP contribution >= 0.6 is 0 Å². The number of pyridine rings is 1. The van der Waals surface area contributed by atoms with Crippen molar-refractivity contribution in [2.75, 3.05) is 39.5 Å². The van der Waals surface area contributed by atoms with Crippen LogP contribution in [-0.4, -0.2) is 49.3 Å². The zero-order chi connectivity index (χ0) is 19.5. The molecule has 0 atom stereocenters. The molecule has 6 nitrogen and oxygen atoms in total.